The maximum Gasteiger partial charge on any atom is 0.0233 e. The van der Waals surface area contributed by atoms with Gasteiger partial charge in [-0.05, 0) is 43.2 Å². The van der Waals surface area contributed by atoms with Crippen molar-refractivity contribution in [2.75, 3.05) is 26.7 Å². The molecule has 1 aromatic carbocycles. The van der Waals surface area contributed by atoms with Gasteiger partial charge in [0.1, 0.15) is 0 Å². The van der Waals surface area contributed by atoms with Gasteiger partial charge >= 0.3 is 0 Å². The Hall–Kier alpha value is -0.860. The highest BCUT2D eigenvalue weighted by atomic mass is 15.2. The van der Waals surface area contributed by atoms with Crippen LogP contribution in [0.1, 0.15) is 32.3 Å². The number of hydrogen-bond acceptors (Lipinski definition) is 2. The lowest BCUT2D eigenvalue weighted by Crippen LogP contribution is -2.32. The standard InChI is InChI=1S/C19H30N2/c1-15(2)11-21-13-17-9-19(10-18(17)14-21)20(3)12-16-7-5-4-6-8-16/h4-8,15,17-19H,9-14H2,1-3H3/t17-,18+,19?. The predicted molar refractivity (Wildman–Crippen MR) is 89.2 cm³/mol. The molecule has 2 fully saturated rings. The molecular weight excluding hydrogens is 256 g/mol. The molecule has 1 saturated heterocycles. The third-order valence-corrected chi connectivity index (χ3v) is 5.32. The maximum atomic E-state index is 2.70. The Labute approximate surface area is 130 Å². The van der Waals surface area contributed by atoms with Crippen molar-refractivity contribution in [3.63, 3.8) is 0 Å². The average Bonchev–Trinajstić information content (AvgIpc) is 2.97. The molecule has 0 radical (unpaired) electrons. The van der Waals surface area contributed by atoms with Crippen molar-refractivity contribution in [2.24, 2.45) is 17.8 Å². The minimum absolute atomic E-state index is 0.793. The van der Waals surface area contributed by atoms with E-state index in [1.165, 1.54) is 38.0 Å². The lowest BCUT2D eigenvalue weighted by molar-refractivity contribution is 0.205. The van der Waals surface area contributed by atoms with Crippen LogP contribution in [0.25, 0.3) is 0 Å². The lowest BCUT2D eigenvalue weighted by Gasteiger charge is -2.27. The number of nitrogens with zero attached hydrogens (tertiary/aromatic N) is 2. The molecule has 0 amide bonds. The fourth-order valence-electron chi connectivity index (χ4n) is 4.39. The van der Waals surface area contributed by atoms with E-state index in [0.29, 0.717) is 0 Å². The molecule has 0 bridgehead atoms. The van der Waals surface area contributed by atoms with Gasteiger partial charge in [0.15, 0.2) is 0 Å². The highest BCUT2D eigenvalue weighted by Gasteiger charge is 2.41. The molecule has 116 valence electrons. The number of hydrogen-bond donors (Lipinski definition) is 0. The Balaban J connectivity index is 1.50. The van der Waals surface area contributed by atoms with E-state index in [4.69, 9.17) is 0 Å². The molecular formula is C19H30N2. The van der Waals surface area contributed by atoms with Gasteiger partial charge in [-0.3, -0.25) is 4.90 Å². The highest BCUT2D eigenvalue weighted by molar-refractivity contribution is 5.14. The quantitative estimate of drug-likeness (QED) is 0.817. The van der Waals surface area contributed by atoms with Crippen LogP contribution >= 0.6 is 0 Å². The van der Waals surface area contributed by atoms with E-state index < -0.39 is 0 Å². The second kappa shape index (κ2) is 6.50. The van der Waals surface area contributed by atoms with Gasteiger partial charge in [-0.25, -0.2) is 0 Å². The van der Waals surface area contributed by atoms with Gasteiger partial charge < -0.3 is 4.90 Å². The van der Waals surface area contributed by atoms with Crippen molar-refractivity contribution in [2.45, 2.75) is 39.3 Å². The van der Waals surface area contributed by atoms with Crippen molar-refractivity contribution in [3.8, 4) is 0 Å². The lowest BCUT2D eigenvalue weighted by atomic mass is 10.0. The minimum Gasteiger partial charge on any atom is -0.303 e. The summed E-state index contributed by atoms with van der Waals surface area (Å²) in [4.78, 5) is 5.29. The van der Waals surface area contributed by atoms with E-state index in [0.717, 1.165) is 30.3 Å². The topological polar surface area (TPSA) is 6.48 Å². The molecule has 0 aromatic heterocycles. The van der Waals surface area contributed by atoms with Crippen molar-refractivity contribution in [3.05, 3.63) is 35.9 Å². The van der Waals surface area contributed by atoms with Crippen LogP contribution in [0.5, 0.6) is 0 Å². The highest BCUT2D eigenvalue weighted by Crippen LogP contribution is 2.40. The molecule has 2 nitrogen and oxygen atoms in total. The molecule has 3 rings (SSSR count). The fourth-order valence-corrected chi connectivity index (χ4v) is 4.39. The first-order chi connectivity index (χ1) is 10.1. The minimum atomic E-state index is 0.793. The zero-order chi connectivity index (χ0) is 14.8. The maximum absolute atomic E-state index is 2.70. The van der Waals surface area contributed by atoms with Crippen LogP contribution in [0.15, 0.2) is 30.3 Å². The molecule has 3 atom stereocenters. The van der Waals surface area contributed by atoms with E-state index in [1.54, 1.807) is 0 Å². The first-order valence-corrected chi connectivity index (χ1v) is 8.58. The molecule has 1 heterocycles. The smallest absolute Gasteiger partial charge is 0.0233 e. The Bertz CT molecular complexity index is 428. The van der Waals surface area contributed by atoms with E-state index >= 15 is 0 Å². The van der Waals surface area contributed by atoms with Crippen molar-refractivity contribution < 1.29 is 0 Å². The number of rotatable bonds is 5. The van der Waals surface area contributed by atoms with E-state index in [2.05, 4.69) is 61.0 Å². The van der Waals surface area contributed by atoms with Gasteiger partial charge in [0, 0.05) is 32.2 Å². The van der Waals surface area contributed by atoms with Gasteiger partial charge in [-0.2, -0.15) is 0 Å². The molecule has 1 aromatic rings. The van der Waals surface area contributed by atoms with Crippen molar-refractivity contribution in [1.29, 1.82) is 0 Å². The molecule has 2 aliphatic rings. The average molecular weight is 286 g/mol. The second-order valence-electron chi connectivity index (χ2n) is 7.66. The van der Waals surface area contributed by atoms with Gasteiger partial charge in [0.25, 0.3) is 0 Å². The number of benzene rings is 1. The van der Waals surface area contributed by atoms with Crippen LogP contribution in [-0.2, 0) is 6.54 Å². The summed E-state index contributed by atoms with van der Waals surface area (Å²) in [6.07, 6.45) is 2.81. The Kier molecular flexibility index (Phi) is 4.66. The summed E-state index contributed by atoms with van der Waals surface area (Å²) in [5.41, 5.74) is 1.44. The Morgan fingerprint density at radius 1 is 1.10 bits per heavy atom. The van der Waals surface area contributed by atoms with Gasteiger partial charge in [0.05, 0.1) is 0 Å². The molecule has 1 aliphatic heterocycles. The first-order valence-electron chi connectivity index (χ1n) is 8.58. The van der Waals surface area contributed by atoms with Gasteiger partial charge in [-0.15, -0.1) is 0 Å². The van der Waals surface area contributed by atoms with E-state index in [9.17, 15) is 0 Å². The van der Waals surface area contributed by atoms with Crippen LogP contribution in [-0.4, -0.2) is 42.5 Å². The van der Waals surface area contributed by atoms with E-state index in [-0.39, 0.29) is 0 Å². The first kappa shape index (κ1) is 15.1. The summed E-state index contributed by atoms with van der Waals surface area (Å²) < 4.78 is 0. The van der Waals surface area contributed by atoms with Crippen LogP contribution in [0.4, 0.5) is 0 Å². The van der Waals surface area contributed by atoms with Crippen molar-refractivity contribution in [1.82, 2.24) is 9.80 Å². The fraction of sp³-hybridized carbons (Fsp3) is 0.684. The molecule has 0 N–H and O–H groups in total. The number of likely N-dealkylation sites (tertiary alicyclic amines) is 1. The normalized spacial score (nSPS) is 29.5. The SMILES string of the molecule is CC(C)CN1C[C@H]2CC(N(C)Cc3ccccc3)C[C@H]2C1. The zero-order valence-electron chi connectivity index (χ0n) is 13.8. The van der Waals surface area contributed by atoms with E-state index in [1.807, 2.05) is 0 Å². The molecule has 1 unspecified atom stereocenters. The largest absolute Gasteiger partial charge is 0.303 e. The Morgan fingerprint density at radius 3 is 2.29 bits per heavy atom. The molecule has 21 heavy (non-hydrogen) atoms. The molecule has 0 spiro atoms. The van der Waals surface area contributed by atoms with Crippen LogP contribution < -0.4 is 0 Å². The summed E-state index contributed by atoms with van der Waals surface area (Å²) in [6, 6.07) is 11.7. The summed E-state index contributed by atoms with van der Waals surface area (Å²) in [7, 11) is 2.31. The van der Waals surface area contributed by atoms with Gasteiger partial charge in [0.2, 0.25) is 0 Å². The predicted octanol–water partition coefficient (Wildman–Crippen LogP) is 3.48. The van der Waals surface area contributed by atoms with Crippen LogP contribution in [0, 0.1) is 17.8 Å². The summed E-state index contributed by atoms with van der Waals surface area (Å²) in [5, 5.41) is 0. The summed E-state index contributed by atoms with van der Waals surface area (Å²) in [5.74, 6) is 2.71. The van der Waals surface area contributed by atoms with Crippen LogP contribution in [0.2, 0.25) is 0 Å². The van der Waals surface area contributed by atoms with Gasteiger partial charge in [-0.1, -0.05) is 44.2 Å². The number of fused-ring (bicyclic) bond motifs is 1. The van der Waals surface area contributed by atoms with Crippen molar-refractivity contribution >= 4 is 0 Å². The van der Waals surface area contributed by atoms with Crippen LogP contribution in [0.3, 0.4) is 0 Å². The second-order valence-corrected chi connectivity index (χ2v) is 7.66. The molecule has 1 aliphatic carbocycles. The third kappa shape index (κ3) is 3.67. The summed E-state index contributed by atoms with van der Waals surface area (Å²) >= 11 is 0. The zero-order valence-corrected chi connectivity index (χ0v) is 13.8. The monoisotopic (exact) mass is 286 g/mol. The third-order valence-electron chi connectivity index (χ3n) is 5.32. The molecule has 1 saturated carbocycles. The molecule has 2 heteroatoms. The summed E-state index contributed by atoms with van der Waals surface area (Å²) in [6.45, 7) is 9.75. The Morgan fingerprint density at radius 2 is 1.71 bits per heavy atom.